The van der Waals surface area contributed by atoms with Gasteiger partial charge in [-0.2, -0.15) is 0 Å². The van der Waals surface area contributed by atoms with Gasteiger partial charge < -0.3 is 11.5 Å². The Labute approximate surface area is 53.8 Å². The number of sulfonamides is 1. The second-order valence-corrected chi connectivity index (χ2v) is 3.31. The van der Waals surface area contributed by atoms with Crippen LogP contribution in [0.4, 0.5) is 0 Å². The maximum Gasteiger partial charge on any atom is 0.229 e. The first-order chi connectivity index (χ1) is 3.92. The van der Waals surface area contributed by atoms with E-state index in [4.69, 9.17) is 11.5 Å². The summed E-state index contributed by atoms with van der Waals surface area (Å²) < 4.78 is 22.5. The van der Waals surface area contributed by atoms with Gasteiger partial charge in [-0.15, -0.1) is 0 Å². The van der Waals surface area contributed by atoms with Gasteiger partial charge in [0.2, 0.25) is 10.0 Å². The molecule has 0 aliphatic rings. The van der Waals surface area contributed by atoms with Gasteiger partial charge in [-0.05, 0) is 0 Å². The lowest BCUT2D eigenvalue weighted by molar-refractivity contribution is 0.596. The molecule has 0 aromatic heterocycles. The van der Waals surface area contributed by atoms with E-state index in [1.54, 1.807) is 0 Å². The van der Waals surface area contributed by atoms with E-state index in [1.807, 2.05) is 4.72 Å². The van der Waals surface area contributed by atoms with Crippen LogP contribution in [0.5, 0.6) is 0 Å². The maximum absolute atomic E-state index is 10.3. The van der Waals surface area contributed by atoms with Gasteiger partial charge in [0.25, 0.3) is 0 Å². The molecule has 0 saturated carbocycles. The SMILES string of the molecule is CS(=O)(=O)NC=C(N)N. The van der Waals surface area contributed by atoms with Crippen LogP contribution in [0.2, 0.25) is 0 Å². The minimum atomic E-state index is -3.21. The van der Waals surface area contributed by atoms with E-state index < -0.39 is 10.0 Å². The van der Waals surface area contributed by atoms with Crippen LogP contribution in [0.1, 0.15) is 0 Å². The molecule has 54 valence electrons. The standard InChI is InChI=1S/C3H9N3O2S/c1-9(7,8)6-2-3(4)5/h2,6H,4-5H2,1H3. The van der Waals surface area contributed by atoms with E-state index in [2.05, 4.69) is 0 Å². The molecule has 5 nitrogen and oxygen atoms in total. The highest BCUT2D eigenvalue weighted by Crippen LogP contribution is 1.72. The van der Waals surface area contributed by atoms with E-state index >= 15 is 0 Å². The number of rotatable bonds is 2. The van der Waals surface area contributed by atoms with Gasteiger partial charge in [0.15, 0.2) is 0 Å². The first kappa shape index (κ1) is 8.09. The zero-order chi connectivity index (χ0) is 7.49. The molecule has 0 fully saturated rings. The Morgan fingerprint density at radius 2 is 2.00 bits per heavy atom. The van der Waals surface area contributed by atoms with Crippen molar-refractivity contribution in [1.82, 2.24) is 4.72 Å². The second-order valence-electron chi connectivity index (χ2n) is 1.53. The topological polar surface area (TPSA) is 98.2 Å². The number of hydrogen-bond acceptors (Lipinski definition) is 4. The average molecular weight is 151 g/mol. The Morgan fingerprint density at radius 3 is 2.11 bits per heavy atom. The lowest BCUT2D eigenvalue weighted by Crippen LogP contribution is -2.20. The van der Waals surface area contributed by atoms with Gasteiger partial charge in [0.05, 0.1) is 12.5 Å². The fourth-order valence-corrected chi connectivity index (χ4v) is 0.525. The molecule has 9 heavy (non-hydrogen) atoms. The Balaban J connectivity index is 3.95. The van der Waals surface area contributed by atoms with Crippen LogP contribution >= 0.6 is 0 Å². The predicted molar refractivity (Wildman–Crippen MR) is 34.4 cm³/mol. The lowest BCUT2D eigenvalue weighted by Gasteiger charge is -1.94. The summed E-state index contributed by atoms with van der Waals surface area (Å²) in [5, 5.41) is 0. The average Bonchev–Trinajstić information content (AvgIpc) is 1.59. The van der Waals surface area contributed by atoms with Gasteiger partial charge in [0.1, 0.15) is 5.82 Å². The van der Waals surface area contributed by atoms with Crippen molar-refractivity contribution in [1.29, 1.82) is 0 Å². The maximum atomic E-state index is 10.3. The van der Waals surface area contributed by atoms with Crippen molar-refractivity contribution in [2.24, 2.45) is 11.5 Å². The fourth-order valence-electron chi connectivity index (χ4n) is 0.175. The molecule has 0 aliphatic carbocycles. The minimum Gasteiger partial charge on any atom is -0.384 e. The summed E-state index contributed by atoms with van der Waals surface area (Å²) in [5.74, 6) is -0.0691. The van der Waals surface area contributed by atoms with Crippen molar-refractivity contribution in [3.63, 3.8) is 0 Å². The summed E-state index contributed by atoms with van der Waals surface area (Å²) in [6, 6.07) is 0. The molecule has 0 radical (unpaired) electrons. The monoisotopic (exact) mass is 151 g/mol. The summed E-state index contributed by atoms with van der Waals surface area (Å²) in [4.78, 5) is 0. The minimum absolute atomic E-state index is 0.0691. The summed E-state index contributed by atoms with van der Waals surface area (Å²) in [5.41, 5.74) is 9.82. The van der Waals surface area contributed by atoms with Crippen LogP contribution < -0.4 is 16.2 Å². The molecule has 0 unspecified atom stereocenters. The van der Waals surface area contributed by atoms with Crippen LogP contribution in [0.15, 0.2) is 12.0 Å². The van der Waals surface area contributed by atoms with Crippen molar-refractivity contribution < 1.29 is 8.42 Å². The number of hydrogen-bond donors (Lipinski definition) is 3. The first-order valence-corrected chi connectivity index (χ1v) is 3.99. The molecule has 0 rings (SSSR count). The highest BCUT2D eigenvalue weighted by atomic mass is 32.2. The summed E-state index contributed by atoms with van der Waals surface area (Å²) >= 11 is 0. The van der Waals surface area contributed by atoms with Crippen molar-refractivity contribution in [3.05, 3.63) is 12.0 Å². The summed E-state index contributed by atoms with van der Waals surface area (Å²) in [7, 11) is -3.21. The zero-order valence-corrected chi connectivity index (χ0v) is 5.77. The third kappa shape index (κ3) is 7.09. The Kier molecular flexibility index (Phi) is 2.32. The van der Waals surface area contributed by atoms with Gasteiger partial charge >= 0.3 is 0 Å². The molecule has 0 aromatic carbocycles. The summed E-state index contributed by atoms with van der Waals surface area (Å²) in [6.07, 6.45) is 2.02. The highest BCUT2D eigenvalue weighted by Gasteiger charge is 1.92. The first-order valence-electron chi connectivity index (χ1n) is 2.10. The Morgan fingerprint density at radius 1 is 1.56 bits per heavy atom. The second kappa shape index (κ2) is 2.58. The molecule has 0 atom stereocenters. The van der Waals surface area contributed by atoms with E-state index in [1.165, 1.54) is 0 Å². The largest absolute Gasteiger partial charge is 0.384 e. The van der Waals surface area contributed by atoms with Gasteiger partial charge in [-0.1, -0.05) is 0 Å². The van der Waals surface area contributed by atoms with Crippen LogP contribution in [0.25, 0.3) is 0 Å². The predicted octanol–water partition coefficient (Wildman–Crippen LogP) is -1.75. The molecule has 0 spiro atoms. The number of nitrogens with two attached hydrogens (primary N) is 2. The summed E-state index contributed by atoms with van der Waals surface area (Å²) in [6.45, 7) is 0. The van der Waals surface area contributed by atoms with Crippen LogP contribution in [0.3, 0.4) is 0 Å². The van der Waals surface area contributed by atoms with Crippen molar-refractivity contribution >= 4 is 10.0 Å². The van der Waals surface area contributed by atoms with E-state index in [9.17, 15) is 8.42 Å². The lowest BCUT2D eigenvalue weighted by atomic mass is 10.8. The molecular formula is C3H9N3O2S. The number of nitrogens with one attached hydrogen (secondary N) is 1. The van der Waals surface area contributed by atoms with Gasteiger partial charge in [-0.25, -0.2) is 8.42 Å². The molecule has 5 N–H and O–H groups in total. The van der Waals surface area contributed by atoms with E-state index in [-0.39, 0.29) is 5.82 Å². The molecule has 6 heteroatoms. The fraction of sp³-hybridized carbons (Fsp3) is 0.333. The smallest absolute Gasteiger partial charge is 0.229 e. The molecule has 0 bridgehead atoms. The quantitative estimate of drug-likeness (QED) is 0.436. The van der Waals surface area contributed by atoms with E-state index in [0.29, 0.717) is 0 Å². The van der Waals surface area contributed by atoms with Gasteiger partial charge in [0, 0.05) is 0 Å². The normalized spacial score (nSPS) is 10.3. The van der Waals surface area contributed by atoms with Crippen molar-refractivity contribution in [2.45, 2.75) is 0 Å². The Bertz CT molecular complexity index is 201. The Hall–Kier alpha value is -0.910. The third-order valence-corrected chi connectivity index (χ3v) is 0.986. The van der Waals surface area contributed by atoms with E-state index in [0.717, 1.165) is 12.5 Å². The molecule has 0 saturated heterocycles. The van der Waals surface area contributed by atoms with Gasteiger partial charge in [-0.3, -0.25) is 4.72 Å². The molecule has 0 amide bonds. The molecule has 0 aromatic rings. The molecule has 0 heterocycles. The van der Waals surface area contributed by atoms with Crippen LogP contribution in [-0.2, 0) is 10.0 Å². The molecular weight excluding hydrogens is 142 g/mol. The highest BCUT2D eigenvalue weighted by molar-refractivity contribution is 7.88. The van der Waals surface area contributed by atoms with Crippen molar-refractivity contribution in [2.75, 3.05) is 6.26 Å². The van der Waals surface area contributed by atoms with Crippen LogP contribution in [-0.4, -0.2) is 14.7 Å². The zero-order valence-electron chi connectivity index (χ0n) is 4.96. The third-order valence-electron chi connectivity index (χ3n) is 0.440. The molecule has 0 aliphatic heterocycles. The van der Waals surface area contributed by atoms with Crippen LogP contribution in [0, 0.1) is 0 Å². The van der Waals surface area contributed by atoms with Crippen molar-refractivity contribution in [3.8, 4) is 0 Å².